The molecule has 0 aromatic carbocycles. The Morgan fingerprint density at radius 3 is 2.00 bits per heavy atom. The molecule has 0 rings (SSSR count). The van der Waals surface area contributed by atoms with Crippen LogP contribution in [-0.4, -0.2) is 48.3 Å². The van der Waals surface area contributed by atoms with Gasteiger partial charge in [0.1, 0.15) is 6.04 Å². The van der Waals surface area contributed by atoms with Crippen LogP contribution in [0.3, 0.4) is 0 Å². The lowest BCUT2D eigenvalue weighted by Crippen LogP contribution is -2.46. The summed E-state index contributed by atoms with van der Waals surface area (Å²) in [6.45, 7) is 5.65. The minimum absolute atomic E-state index is 0.0444. The highest BCUT2D eigenvalue weighted by Gasteiger charge is 2.22. The molecule has 1 atom stereocenters. The van der Waals surface area contributed by atoms with Gasteiger partial charge in [0.25, 0.3) is 0 Å². The second-order valence-electron chi connectivity index (χ2n) is 3.21. The van der Waals surface area contributed by atoms with Gasteiger partial charge in [-0.2, -0.15) is 0 Å². The van der Waals surface area contributed by atoms with Crippen molar-refractivity contribution >= 4 is 11.8 Å². The predicted molar refractivity (Wildman–Crippen MR) is 51.2 cm³/mol. The topological polar surface area (TPSA) is 40.6 Å². The molecule has 0 aromatic rings. The number of hydrogen-bond donors (Lipinski definition) is 0. The zero-order valence-electron chi connectivity index (χ0n) is 9.00. The van der Waals surface area contributed by atoms with E-state index < -0.39 is 0 Å². The Kier molecular flexibility index (Phi) is 4.45. The van der Waals surface area contributed by atoms with Crippen LogP contribution in [0.25, 0.3) is 0 Å². The third kappa shape index (κ3) is 3.05. The molecule has 0 aliphatic carbocycles. The minimum atomic E-state index is -0.363. The molecular weight excluding hydrogens is 168 g/mol. The highest BCUT2D eigenvalue weighted by molar-refractivity contribution is 5.86. The first-order valence-corrected chi connectivity index (χ1v) is 4.40. The van der Waals surface area contributed by atoms with Gasteiger partial charge in [0.05, 0.1) is 0 Å². The molecule has 0 aromatic heterocycles. The second-order valence-corrected chi connectivity index (χ2v) is 3.21. The molecule has 0 radical (unpaired) electrons. The fourth-order valence-corrected chi connectivity index (χ4v) is 1.28. The average molecular weight is 186 g/mol. The molecule has 0 unspecified atom stereocenters. The van der Waals surface area contributed by atoms with E-state index in [0.29, 0.717) is 6.54 Å². The van der Waals surface area contributed by atoms with E-state index in [9.17, 15) is 9.59 Å². The van der Waals surface area contributed by atoms with Gasteiger partial charge in [-0.1, -0.05) is 0 Å². The van der Waals surface area contributed by atoms with Crippen molar-refractivity contribution < 1.29 is 9.59 Å². The summed E-state index contributed by atoms with van der Waals surface area (Å²) in [7, 11) is 3.37. The standard InChI is InChI=1S/C9H18N2O2/c1-6-11(8(3)12)7(2)9(13)10(4)5/h7H,6H2,1-5H3/t7-/m0/s1. The number of likely N-dealkylation sites (N-methyl/N-ethyl adjacent to an activating group) is 2. The Morgan fingerprint density at radius 1 is 1.31 bits per heavy atom. The molecule has 0 heterocycles. The van der Waals surface area contributed by atoms with Crippen molar-refractivity contribution in [1.82, 2.24) is 9.80 Å². The summed E-state index contributed by atoms with van der Waals surface area (Å²) in [4.78, 5) is 25.6. The molecule has 76 valence electrons. The first kappa shape index (κ1) is 11.9. The number of hydrogen-bond acceptors (Lipinski definition) is 2. The van der Waals surface area contributed by atoms with E-state index in [0.717, 1.165) is 0 Å². The Hall–Kier alpha value is -1.06. The van der Waals surface area contributed by atoms with Gasteiger partial charge in [-0.3, -0.25) is 9.59 Å². The fraction of sp³-hybridized carbons (Fsp3) is 0.778. The van der Waals surface area contributed by atoms with Crippen molar-refractivity contribution in [3.8, 4) is 0 Å². The first-order chi connectivity index (χ1) is 5.91. The van der Waals surface area contributed by atoms with E-state index in [4.69, 9.17) is 0 Å². The van der Waals surface area contributed by atoms with Crippen LogP contribution >= 0.6 is 0 Å². The Morgan fingerprint density at radius 2 is 1.77 bits per heavy atom. The van der Waals surface area contributed by atoms with E-state index in [1.54, 1.807) is 25.9 Å². The van der Waals surface area contributed by atoms with Gasteiger partial charge in [0, 0.05) is 27.6 Å². The predicted octanol–water partition coefficient (Wildman–Crippen LogP) is 0.331. The van der Waals surface area contributed by atoms with Crippen molar-refractivity contribution in [2.24, 2.45) is 0 Å². The van der Waals surface area contributed by atoms with Crippen molar-refractivity contribution in [1.29, 1.82) is 0 Å². The van der Waals surface area contributed by atoms with Crippen LogP contribution in [0.2, 0.25) is 0 Å². The third-order valence-corrected chi connectivity index (χ3v) is 2.01. The monoisotopic (exact) mass is 186 g/mol. The molecular formula is C9H18N2O2. The molecule has 0 bridgehead atoms. The Labute approximate surface area is 79.5 Å². The molecule has 4 heteroatoms. The molecule has 0 aliphatic heterocycles. The van der Waals surface area contributed by atoms with Gasteiger partial charge in [-0.05, 0) is 13.8 Å². The first-order valence-electron chi connectivity index (χ1n) is 4.40. The van der Waals surface area contributed by atoms with Gasteiger partial charge in [-0.15, -0.1) is 0 Å². The molecule has 0 fully saturated rings. The third-order valence-electron chi connectivity index (χ3n) is 2.01. The van der Waals surface area contributed by atoms with E-state index in [-0.39, 0.29) is 17.9 Å². The number of nitrogens with zero attached hydrogens (tertiary/aromatic N) is 2. The summed E-state index contributed by atoms with van der Waals surface area (Å²) >= 11 is 0. The van der Waals surface area contributed by atoms with Crippen molar-refractivity contribution in [2.75, 3.05) is 20.6 Å². The second kappa shape index (κ2) is 4.84. The maximum Gasteiger partial charge on any atom is 0.244 e. The van der Waals surface area contributed by atoms with Gasteiger partial charge < -0.3 is 9.80 Å². The summed E-state index contributed by atoms with van der Waals surface area (Å²) in [5.74, 6) is -0.109. The lowest BCUT2D eigenvalue weighted by molar-refractivity contribution is -0.142. The van der Waals surface area contributed by atoms with Gasteiger partial charge in [-0.25, -0.2) is 0 Å². The summed E-state index contributed by atoms with van der Waals surface area (Å²) in [6, 6.07) is -0.363. The summed E-state index contributed by atoms with van der Waals surface area (Å²) in [6.07, 6.45) is 0. The molecule has 2 amide bonds. The Bertz CT molecular complexity index is 202. The van der Waals surface area contributed by atoms with Crippen molar-refractivity contribution in [2.45, 2.75) is 26.8 Å². The normalized spacial score (nSPS) is 12.1. The quantitative estimate of drug-likeness (QED) is 0.637. The molecule has 0 aliphatic rings. The molecule has 0 spiro atoms. The molecule has 0 N–H and O–H groups in total. The highest BCUT2D eigenvalue weighted by Crippen LogP contribution is 2.01. The summed E-state index contributed by atoms with van der Waals surface area (Å²) < 4.78 is 0. The maximum absolute atomic E-state index is 11.5. The SMILES string of the molecule is CCN(C(C)=O)[C@@H](C)C(=O)N(C)C. The van der Waals surface area contributed by atoms with Crippen LogP contribution in [0, 0.1) is 0 Å². The van der Waals surface area contributed by atoms with Gasteiger partial charge >= 0.3 is 0 Å². The van der Waals surface area contributed by atoms with E-state index in [1.165, 1.54) is 11.8 Å². The number of amides is 2. The van der Waals surface area contributed by atoms with Gasteiger partial charge in [0.15, 0.2) is 0 Å². The summed E-state index contributed by atoms with van der Waals surface area (Å²) in [5, 5.41) is 0. The summed E-state index contributed by atoms with van der Waals surface area (Å²) in [5.41, 5.74) is 0. The highest BCUT2D eigenvalue weighted by atomic mass is 16.2. The van der Waals surface area contributed by atoms with Gasteiger partial charge in [0.2, 0.25) is 11.8 Å². The van der Waals surface area contributed by atoms with Crippen LogP contribution in [0.4, 0.5) is 0 Å². The smallest absolute Gasteiger partial charge is 0.244 e. The zero-order chi connectivity index (χ0) is 10.6. The molecule has 4 nitrogen and oxygen atoms in total. The van der Waals surface area contributed by atoms with Crippen LogP contribution in [-0.2, 0) is 9.59 Å². The fourth-order valence-electron chi connectivity index (χ4n) is 1.28. The molecule has 0 saturated heterocycles. The number of rotatable bonds is 3. The lowest BCUT2D eigenvalue weighted by Gasteiger charge is -2.27. The van der Waals surface area contributed by atoms with Crippen molar-refractivity contribution in [3.63, 3.8) is 0 Å². The molecule has 13 heavy (non-hydrogen) atoms. The number of carbonyl (C=O) groups excluding carboxylic acids is 2. The van der Waals surface area contributed by atoms with Crippen LogP contribution in [0.1, 0.15) is 20.8 Å². The van der Waals surface area contributed by atoms with E-state index >= 15 is 0 Å². The lowest BCUT2D eigenvalue weighted by atomic mass is 10.2. The van der Waals surface area contributed by atoms with Crippen LogP contribution in [0.15, 0.2) is 0 Å². The maximum atomic E-state index is 11.5. The minimum Gasteiger partial charge on any atom is -0.347 e. The Balaban J connectivity index is 4.46. The van der Waals surface area contributed by atoms with Crippen LogP contribution in [0.5, 0.6) is 0 Å². The van der Waals surface area contributed by atoms with Crippen molar-refractivity contribution in [3.05, 3.63) is 0 Å². The largest absolute Gasteiger partial charge is 0.347 e. The van der Waals surface area contributed by atoms with E-state index in [2.05, 4.69) is 0 Å². The molecule has 0 saturated carbocycles. The zero-order valence-corrected chi connectivity index (χ0v) is 9.00. The van der Waals surface area contributed by atoms with Crippen LogP contribution < -0.4 is 0 Å². The average Bonchev–Trinajstić information content (AvgIpc) is 2.03. The number of carbonyl (C=O) groups is 2. The van der Waals surface area contributed by atoms with E-state index in [1.807, 2.05) is 6.92 Å².